The number of nitrogens with zero attached hydrogens (tertiary/aromatic N) is 2. The Hall–Kier alpha value is -1.94. The average Bonchev–Trinajstić information content (AvgIpc) is 3.24. The zero-order valence-electron chi connectivity index (χ0n) is 17.2. The molecule has 9 nitrogen and oxygen atoms in total. The third kappa shape index (κ3) is 8.14. The highest BCUT2D eigenvalue weighted by atomic mass is 16.5. The van der Waals surface area contributed by atoms with Gasteiger partial charge in [0.05, 0.1) is 25.6 Å². The van der Waals surface area contributed by atoms with Crippen LogP contribution < -0.4 is 0 Å². The Labute approximate surface area is 171 Å². The molecule has 2 heterocycles. The molecule has 9 heteroatoms. The number of carbonyl (C=O) groups is 2. The van der Waals surface area contributed by atoms with E-state index in [9.17, 15) is 14.7 Å². The van der Waals surface area contributed by atoms with Crippen LogP contribution in [0.2, 0.25) is 0 Å². The first-order chi connectivity index (χ1) is 14.0. The highest BCUT2D eigenvalue weighted by molar-refractivity contribution is 5.91. The summed E-state index contributed by atoms with van der Waals surface area (Å²) in [7, 11) is 1.59. The number of aliphatic hydroxyl groups is 1. The number of hydrogen-bond acceptors (Lipinski definition) is 8. The van der Waals surface area contributed by atoms with E-state index >= 15 is 0 Å². The van der Waals surface area contributed by atoms with Crippen LogP contribution in [0.4, 0.5) is 0 Å². The molecule has 0 saturated carbocycles. The first-order valence-electron chi connectivity index (χ1n) is 10.0. The number of esters is 1. The molecule has 0 aliphatic carbocycles. The van der Waals surface area contributed by atoms with Crippen molar-refractivity contribution in [1.29, 1.82) is 0 Å². The molecule has 0 spiro atoms. The molecular weight excluding hydrogens is 380 g/mol. The molecule has 1 N–H and O–H groups in total. The van der Waals surface area contributed by atoms with Gasteiger partial charge in [0, 0.05) is 46.3 Å². The summed E-state index contributed by atoms with van der Waals surface area (Å²) >= 11 is 0. The molecule has 1 fully saturated rings. The van der Waals surface area contributed by atoms with Gasteiger partial charge in [0.1, 0.15) is 12.7 Å². The van der Waals surface area contributed by atoms with E-state index < -0.39 is 6.10 Å². The number of hydrogen-bond donors (Lipinski definition) is 1. The minimum atomic E-state index is -0.760. The van der Waals surface area contributed by atoms with Crippen LogP contribution in [-0.2, 0) is 19.0 Å². The fourth-order valence-electron chi connectivity index (χ4n) is 3.15. The van der Waals surface area contributed by atoms with Crippen LogP contribution in [0.5, 0.6) is 0 Å². The number of morpholine rings is 1. The summed E-state index contributed by atoms with van der Waals surface area (Å²) in [6, 6.07) is 3.31. The Balaban J connectivity index is 1.84. The molecule has 1 saturated heterocycles. The Bertz CT molecular complexity index is 608. The number of methoxy groups -OCH3 is 1. The van der Waals surface area contributed by atoms with E-state index in [2.05, 4.69) is 4.90 Å². The van der Waals surface area contributed by atoms with Gasteiger partial charge < -0.3 is 28.6 Å². The average molecular weight is 412 g/mol. The largest absolute Gasteiger partial charge is 0.463 e. The first-order valence-corrected chi connectivity index (χ1v) is 10.0. The number of β-amino-alcohol motifs (C(OH)–C–C–N with tert-alkyl or cyclic N) is 1. The van der Waals surface area contributed by atoms with Crippen LogP contribution >= 0.6 is 0 Å². The van der Waals surface area contributed by atoms with Gasteiger partial charge in [-0.3, -0.25) is 14.5 Å². The fourth-order valence-corrected chi connectivity index (χ4v) is 3.15. The van der Waals surface area contributed by atoms with Crippen LogP contribution in [0.1, 0.15) is 30.3 Å². The monoisotopic (exact) mass is 412 g/mol. The zero-order chi connectivity index (χ0) is 21.1. The van der Waals surface area contributed by atoms with Crippen molar-refractivity contribution >= 4 is 11.9 Å². The van der Waals surface area contributed by atoms with Gasteiger partial charge in [-0.1, -0.05) is 6.92 Å². The van der Waals surface area contributed by atoms with E-state index in [0.29, 0.717) is 52.4 Å². The van der Waals surface area contributed by atoms with E-state index in [1.807, 2.05) is 6.92 Å². The van der Waals surface area contributed by atoms with Crippen molar-refractivity contribution in [2.45, 2.75) is 32.0 Å². The lowest BCUT2D eigenvalue weighted by Crippen LogP contribution is -2.51. The molecule has 2 unspecified atom stereocenters. The number of aliphatic hydroxyl groups excluding tert-OH is 1. The molecule has 1 aromatic rings. The van der Waals surface area contributed by atoms with Crippen LogP contribution in [0.15, 0.2) is 22.8 Å². The lowest BCUT2D eigenvalue weighted by atomic mass is 10.2. The topological polar surface area (TPSA) is 102 Å². The van der Waals surface area contributed by atoms with Gasteiger partial charge in [0.2, 0.25) is 0 Å². The molecule has 0 bridgehead atoms. The Morgan fingerprint density at radius 2 is 2.28 bits per heavy atom. The second kappa shape index (κ2) is 12.6. The van der Waals surface area contributed by atoms with Gasteiger partial charge in [-0.25, -0.2) is 0 Å². The third-order valence-corrected chi connectivity index (χ3v) is 4.59. The minimum absolute atomic E-state index is 0.0161. The zero-order valence-corrected chi connectivity index (χ0v) is 17.2. The quantitative estimate of drug-likeness (QED) is 0.503. The molecule has 0 aromatic carbocycles. The normalized spacial score (nSPS) is 18.4. The van der Waals surface area contributed by atoms with Crippen molar-refractivity contribution in [3.8, 4) is 0 Å². The van der Waals surface area contributed by atoms with Crippen LogP contribution in [0.25, 0.3) is 0 Å². The fraction of sp³-hybridized carbons (Fsp3) is 0.700. The third-order valence-electron chi connectivity index (χ3n) is 4.59. The predicted octanol–water partition coefficient (Wildman–Crippen LogP) is 0.773. The molecule has 1 aliphatic heterocycles. The lowest BCUT2D eigenvalue weighted by molar-refractivity contribution is -0.147. The molecule has 0 radical (unpaired) electrons. The molecule has 2 rings (SSSR count). The number of rotatable bonds is 12. The summed E-state index contributed by atoms with van der Waals surface area (Å²) in [6.45, 7) is 5.21. The summed E-state index contributed by atoms with van der Waals surface area (Å²) < 4.78 is 21.2. The van der Waals surface area contributed by atoms with Gasteiger partial charge in [0.15, 0.2) is 5.76 Å². The van der Waals surface area contributed by atoms with Crippen LogP contribution in [0, 0.1) is 0 Å². The van der Waals surface area contributed by atoms with Crippen molar-refractivity contribution in [1.82, 2.24) is 9.80 Å². The minimum Gasteiger partial charge on any atom is -0.463 e. The summed E-state index contributed by atoms with van der Waals surface area (Å²) in [5.74, 6) is -0.231. The van der Waals surface area contributed by atoms with Crippen molar-refractivity contribution < 1.29 is 33.3 Å². The molecule has 164 valence electrons. The molecule has 2 atom stereocenters. The summed E-state index contributed by atoms with van der Waals surface area (Å²) in [6.07, 6.45) is 1.58. The van der Waals surface area contributed by atoms with Crippen LogP contribution in [-0.4, -0.2) is 98.6 Å². The van der Waals surface area contributed by atoms with Gasteiger partial charge in [-0.15, -0.1) is 0 Å². The number of ether oxygens (including phenoxy) is 3. The number of carbonyl (C=O) groups excluding carboxylic acids is 2. The van der Waals surface area contributed by atoms with Crippen molar-refractivity contribution in [3.05, 3.63) is 24.2 Å². The van der Waals surface area contributed by atoms with E-state index in [0.717, 1.165) is 6.42 Å². The molecular formula is C20H32N2O7. The standard InChI is InChI=1S/C20H32N2O7/c1-3-5-19(24)29-15-16(23)12-21-7-11-27-17(13-21)14-22(8-10-26-2)20(25)18-6-4-9-28-18/h4,6,9,16-17,23H,3,5,7-8,10-15H2,1-2H3. The Morgan fingerprint density at radius 1 is 1.45 bits per heavy atom. The number of furan rings is 1. The summed E-state index contributed by atoms with van der Waals surface area (Å²) in [4.78, 5) is 27.8. The summed E-state index contributed by atoms with van der Waals surface area (Å²) in [5, 5.41) is 10.2. The second-order valence-corrected chi connectivity index (χ2v) is 7.06. The van der Waals surface area contributed by atoms with E-state index in [-0.39, 0.29) is 30.3 Å². The highest BCUT2D eigenvalue weighted by Crippen LogP contribution is 2.12. The molecule has 1 amide bonds. The molecule has 29 heavy (non-hydrogen) atoms. The highest BCUT2D eigenvalue weighted by Gasteiger charge is 2.27. The van der Waals surface area contributed by atoms with E-state index in [1.165, 1.54) is 6.26 Å². The van der Waals surface area contributed by atoms with E-state index in [1.54, 1.807) is 24.1 Å². The SMILES string of the molecule is CCCC(=O)OCC(O)CN1CCOC(CN(CCOC)C(=O)c2ccco2)C1. The van der Waals surface area contributed by atoms with E-state index in [4.69, 9.17) is 18.6 Å². The first kappa shape index (κ1) is 23.3. The van der Waals surface area contributed by atoms with Crippen molar-refractivity contribution in [2.24, 2.45) is 0 Å². The van der Waals surface area contributed by atoms with Gasteiger partial charge in [-0.2, -0.15) is 0 Å². The maximum absolute atomic E-state index is 12.7. The smallest absolute Gasteiger partial charge is 0.305 e. The summed E-state index contributed by atoms with van der Waals surface area (Å²) in [5.41, 5.74) is 0. The Morgan fingerprint density at radius 3 is 2.97 bits per heavy atom. The number of amides is 1. The van der Waals surface area contributed by atoms with Crippen LogP contribution in [0.3, 0.4) is 0 Å². The van der Waals surface area contributed by atoms with Gasteiger partial charge in [0.25, 0.3) is 5.91 Å². The Kier molecular flexibility index (Phi) is 10.1. The van der Waals surface area contributed by atoms with Crippen molar-refractivity contribution in [2.75, 3.05) is 59.7 Å². The van der Waals surface area contributed by atoms with Gasteiger partial charge >= 0.3 is 5.97 Å². The second-order valence-electron chi connectivity index (χ2n) is 7.06. The van der Waals surface area contributed by atoms with Gasteiger partial charge in [-0.05, 0) is 18.6 Å². The maximum Gasteiger partial charge on any atom is 0.305 e. The lowest BCUT2D eigenvalue weighted by Gasteiger charge is -2.36. The van der Waals surface area contributed by atoms with Crippen molar-refractivity contribution in [3.63, 3.8) is 0 Å². The molecule has 1 aromatic heterocycles. The maximum atomic E-state index is 12.7. The molecule has 1 aliphatic rings. The predicted molar refractivity (Wildman–Crippen MR) is 105 cm³/mol.